The summed E-state index contributed by atoms with van der Waals surface area (Å²) in [4.78, 5) is 2.04. The minimum absolute atomic E-state index is 0.354. The zero-order valence-electron chi connectivity index (χ0n) is 8.10. The lowest BCUT2D eigenvalue weighted by molar-refractivity contribution is 0.410. The molecule has 0 saturated heterocycles. The lowest BCUT2D eigenvalue weighted by Gasteiger charge is -2.18. The molecule has 1 rings (SSSR count). The van der Waals surface area contributed by atoms with Gasteiger partial charge in [0.2, 0.25) is 0 Å². The van der Waals surface area contributed by atoms with Crippen LogP contribution < -0.4 is 0 Å². The van der Waals surface area contributed by atoms with E-state index >= 15 is 0 Å². The first-order valence-corrected chi connectivity index (χ1v) is 4.29. The first-order chi connectivity index (χ1) is 6.24. The highest BCUT2D eigenvalue weighted by Gasteiger charge is 1.98. The standard InChI is InChI=1S/C11H15NO/c1-4-12(3)10(2)5-6-11-7-8-13-9-11/h4-10H,1H2,2-3H3/b6-5-. The van der Waals surface area contributed by atoms with E-state index in [4.69, 9.17) is 4.42 Å². The summed E-state index contributed by atoms with van der Waals surface area (Å²) in [5.41, 5.74) is 1.09. The Bertz CT molecular complexity index is 274. The Kier molecular flexibility index (Phi) is 3.38. The van der Waals surface area contributed by atoms with Gasteiger partial charge in [-0.1, -0.05) is 18.7 Å². The molecule has 2 nitrogen and oxygen atoms in total. The van der Waals surface area contributed by atoms with Gasteiger partial charge in [-0.2, -0.15) is 0 Å². The molecule has 1 atom stereocenters. The van der Waals surface area contributed by atoms with Gasteiger partial charge in [-0.15, -0.1) is 0 Å². The molecule has 1 aromatic rings. The van der Waals surface area contributed by atoms with Crippen molar-refractivity contribution in [2.24, 2.45) is 0 Å². The van der Waals surface area contributed by atoms with Crippen LogP contribution >= 0.6 is 0 Å². The molecule has 0 amide bonds. The molecule has 0 aromatic carbocycles. The minimum Gasteiger partial charge on any atom is -0.472 e. The Hall–Kier alpha value is -1.44. The molecule has 0 spiro atoms. The van der Waals surface area contributed by atoms with Crippen LogP contribution in [0.2, 0.25) is 0 Å². The average Bonchev–Trinajstić information content (AvgIpc) is 2.65. The molecule has 0 aliphatic carbocycles. The van der Waals surface area contributed by atoms with Crippen molar-refractivity contribution in [3.63, 3.8) is 0 Å². The van der Waals surface area contributed by atoms with Crippen molar-refractivity contribution >= 4 is 6.08 Å². The fourth-order valence-corrected chi connectivity index (χ4v) is 0.922. The number of hydrogen-bond acceptors (Lipinski definition) is 2. The van der Waals surface area contributed by atoms with Crippen molar-refractivity contribution in [2.75, 3.05) is 7.05 Å². The highest BCUT2D eigenvalue weighted by Crippen LogP contribution is 2.05. The van der Waals surface area contributed by atoms with Gasteiger partial charge in [0.15, 0.2) is 0 Å². The van der Waals surface area contributed by atoms with Crippen LogP contribution in [0, 0.1) is 0 Å². The van der Waals surface area contributed by atoms with Crippen LogP contribution in [-0.4, -0.2) is 18.0 Å². The molecule has 2 heteroatoms. The van der Waals surface area contributed by atoms with E-state index in [1.165, 1.54) is 0 Å². The van der Waals surface area contributed by atoms with Crippen LogP contribution in [0.25, 0.3) is 6.08 Å². The van der Waals surface area contributed by atoms with Crippen molar-refractivity contribution in [3.05, 3.63) is 43.0 Å². The Morgan fingerprint density at radius 3 is 2.92 bits per heavy atom. The summed E-state index contributed by atoms with van der Waals surface area (Å²) >= 11 is 0. The van der Waals surface area contributed by atoms with Crippen molar-refractivity contribution < 1.29 is 4.42 Å². The van der Waals surface area contributed by atoms with Gasteiger partial charge < -0.3 is 9.32 Å². The number of furan rings is 1. The Morgan fingerprint density at radius 2 is 2.38 bits per heavy atom. The third-order valence-electron chi connectivity index (χ3n) is 2.04. The Labute approximate surface area is 79.2 Å². The van der Waals surface area contributed by atoms with Crippen molar-refractivity contribution in [2.45, 2.75) is 13.0 Å². The highest BCUT2D eigenvalue weighted by atomic mass is 16.3. The van der Waals surface area contributed by atoms with Crippen LogP contribution in [0.15, 0.2) is 41.9 Å². The van der Waals surface area contributed by atoms with Crippen LogP contribution in [0.4, 0.5) is 0 Å². The van der Waals surface area contributed by atoms with E-state index in [1.807, 2.05) is 30.3 Å². The SMILES string of the molecule is C=CN(C)C(C)/C=C\c1ccoc1. The zero-order chi connectivity index (χ0) is 9.68. The molecule has 0 fully saturated rings. The zero-order valence-corrected chi connectivity index (χ0v) is 8.10. The molecule has 1 heterocycles. The average molecular weight is 177 g/mol. The van der Waals surface area contributed by atoms with Crippen LogP contribution in [-0.2, 0) is 0 Å². The van der Waals surface area contributed by atoms with Gasteiger partial charge in [0, 0.05) is 18.7 Å². The summed E-state index contributed by atoms with van der Waals surface area (Å²) in [7, 11) is 2.00. The lowest BCUT2D eigenvalue weighted by Crippen LogP contribution is -2.20. The Morgan fingerprint density at radius 1 is 1.62 bits per heavy atom. The van der Waals surface area contributed by atoms with Gasteiger partial charge in [0.05, 0.1) is 12.5 Å². The molecule has 0 aliphatic heterocycles. The van der Waals surface area contributed by atoms with Gasteiger partial charge in [0.25, 0.3) is 0 Å². The third kappa shape index (κ3) is 2.82. The predicted octanol–water partition coefficient (Wildman–Crippen LogP) is 2.76. The normalized spacial score (nSPS) is 13.1. The molecule has 0 bridgehead atoms. The third-order valence-corrected chi connectivity index (χ3v) is 2.04. The molecule has 0 saturated carbocycles. The second-order valence-electron chi connectivity index (χ2n) is 3.00. The number of rotatable bonds is 4. The maximum absolute atomic E-state index is 4.95. The molecular weight excluding hydrogens is 162 g/mol. The van der Waals surface area contributed by atoms with Gasteiger partial charge >= 0.3 is 0 Å². The Balaban J connectivity index is 2.53. The van der Waals surface area contributed by atoms with E-state index in [-0.39, 0.29) is 0 Å². The van der Waals surface area contributed by atoms with Gasteiger partial charge in [-0.3, -0.25) is 0 Å². The lowest BCUT2D eigenvalue weighted by atomic mass is 10.2. The summed E-state index contributed by atoms with van der Waals surface area (Å²) in [5.74, 6) is 0. The summed E-state index contributed by atoms with van der Waals surface area (Å²) in [6.07, 6.45) is 9.34. The highest BCUT2D eigenvalue weighted by molar-refractivity contribution is 5.47. The summed E-state index contributed by atoms with van der Waals surface area (Å²) in [5, 5.41) is 0. The quantitative estimate of drug-likeness (QED) is 0.703. The van der Waals surface area contributed by atoms with Gasteiger partial charge in [0.1, 0.15) is 0 Å². The second-order valence-corrected chi connectivity index (χ2v) is 3.00. The van der Waals surface area contributed by atoms with E-state index < -0.39 is 0 Å². The fourth-order valence-electron chi connectivity index (χ4n) is 0.922. The first kappa shape index (κ1) is 9.65. The predicted molar refractivity (Wildman–Crippen MR) is 55.2 cm³/mol. The van der Waals surface area contributed by atoms with Crippen molar-refractivity contribution in [1.82, 2.24) is 4.90 Å². The molecule has 1 unspecified atom stereocenters. The molecule has 0 radical (unpaired) electrons. The number of hydrogen-bond donors (Lipinski definition) is 0. The molecule has 0 aliphatic rings. The van der Waals surface area contributed by atoms with Crippen LogP contribution in [0.1, 0.15) is 12.5 Å². The minimum atomic E-state index is 0.354. The monoisotopic (exact) mass is 177 g/mol. The molecule has 13 heavy (non-hydrogen) atoms. The fraction of sp³-hybridized carbons (Fsp3) is 0.273. The maximum Gasteiger partial charge on any atom is 0.0974 e. The van der Waals surface area contributed by atoms with E-state index in [9.17, 15) is 0 Å². The van der Waals surface area contributed by atoms with Crippen LogP contribution in [0.5, 0.6) is 0 Å². The molecule has 0 N–H and O–H groups in total. The summed E-state index contributed by atoms with van der Waals surface area (Å²) in [6, 6.07) is 2.28. The number of likely N-dealkylation sites (N-methyl/N-ethyl adjacent to an activating group) is 1. The van der Waals surface area contributed by atoms with Crippen molar-refractivity contribution in [3.8, 4) is 0 Å². The van der Waals surface area contributed by atoms with E-state index in [2.05, 4.69) is 19.6 Å². The van der Waals surface area contributed by atoms with Crippen molar-refractivity contribution in [1.29, 1.82) is 0 Å². The van der Waals surface area contributed by atoms with E-state index in [0.717, 1.165) is 5.56 Å². The largest absolute Gasteiger partial charge is 0.472 e. The number of nitrogens with zero attached hydrogens (tertiary/aromatic N) is 1. The van der Waals surface area contributed by atoms with Gasteiger partial charge in [-0.05, 0) is 19.2 Å². The summed E-state index contributed by atoms with van der Waals surface area (Å²) in [6.45, 7) is 5.81. The smallest absolute Gasteiger partial charge is 0.0974 e. The molecule has 70 valence electrons. The maximum atomic E-state index is 4.95. The first-order valence-electron chi connectivity index (χ1n) is 4.29. The van der Waals surface area contributed by atoms with Crippen LogP contribution in [0.3, 0.4) is 0 Å². The second kappa shape index (κ2) is 4.55. The van der Waals surface area contributed by atoms with E-state index in [1.54, 1.807) is 12.5 Å². The topological polar surface area (TPSA) is 16.4 Å². The summed E-state index contributed by atoms with van der Waals surface area (Å²) < 4.78 is 4.95. The van der Waals surface area contributed by atoms with E-state index in [0.29, 0.717) is 6.04 Å². The van der Waals surface area contributed by atoms with Gasteiger partial charge in [-0.25, -0.2) is 0 Å². The molecular formula is C11H15NO. The molecule has 1 aromatic heterocycles.